The first-order valence-corrected chi connectivity index (χ1v) is 5.83. The molecule has 2 heteroatoms. The van der Waals surface area contributed by atoms with Crippen molar-refractivity contribution in [3.63, 3.8) is 0 Å². The number of halogens is 1. The van der Waals surface area contributed by atoms with Crippen LogP contribution in [0.2, 0.25) is 0 Å². The van der Waals surface area contributed by atoms with E-state index < -0.39 is 0 Å². The topological polar surface area (TPSA) is 20.2 Å². The van der Waals surface area contributed by atoms with Crippen molar-refractivity contribution in [3.8, 4) is 0 Å². The van der Waals surface area contributed by atoms with Crippen molar-refractivity contribution in [3.05, 3.63) is 35.1 Å². The van der Waals surface area contributed by atoms with Gasteiger partial charge in [0.25, 0.3) is 0 Å². The van der Waals surface area contributed by atoms with Gasteiger partial charge in [0.15, 0.2) is 0 Å². The summed E-state index contributed by atoms with van der Waals surface area (Å²) >= 11 is 0. The zero-order valence-electron chi connectivity index (χ0n) is 10.1. The summed E-state index contributed by atoms with van der Waals surface area (Å²) in [5, 5.41) is 10.1. The first-order chi connectivity index (χ1) is 7.40. The molecule has 2 rings (SSSR count). The Morgan fingerprint density at radius 1 is 1.50 bits per heavy atom. The van der Waals surface area contributed by atoms with Gasteiger partial charge in [-0.05, 0) is 54.4 Å². The van der Waals surface area contributed by atoms with Crippen molar-refractivity contribution in [2.24, 2.45) is 11.3 Å². The van der Waals surface area contributed by atoms with Crippen molar-refractivity contribution in [1.29, 1.82) is 0 Å². The highest BCUT2D eigenvalue weighted by Crippen LogP contribution is 2.54. The lowest BCUT2D eigenvalue weighted by Crippen LogP contribution is -2.16. The molecule has 2 unspecified atom stereocenters. The highest BCUT2D eigenvalue weighted by atomic mass is 19.1. The monoisotopic (exact) mass is 222 g/mol. The Kier molecular flexibility index (Phi) is 2.79. The van der Waals surface area contributed by atoms with Crippen LogP contribution in [-0.4, -0.2) is 11.2 Å². The largest absolute Gasteiger partial charge is 0.392 e. The molecule has 16 heavy (non-hydrogen) atoms. The van der Waals surface area contributed by atoms with Crippen LogP contribution in [0.3, 0.4) is 0 Å². The molecule has 0 aromatic heterocycles. The SMILES string of the molecule is Cc1cc(F)ccc1CC(O)C1CC1(C)C. The van der Waals surface area contributed by atoms with Crippen molar-refractivity contribution in [2.75, 3.05) is 0 Å². The van der Waals surface area contributed by atoms with Crippen LogP contribution in [0.15, 0.2) is 18.2 Å². The van der Waals surface area contributed by atoms with Gasteiger partial charge >= 0.3 is 0 Å². The molecule has 1 nitrogen and oxygen atoms in total. The van der Waals surface area contributed by atoms with Crippen LogP contribution in [0.4, 0.5) is 4.39 Å². The number of rotatable bonds is 3. The summed E-state index contributed by atoms with van der Waals surface area (Å²) in [7, 11) is 0. The number of aryl methyl sites for hydroxylation is 1. The quantitative estimate of drug-likeness (QED) is 0.833. The third kappa shape index (κ3) is 2.27. The predicted molar refractivity (Wildman–Crippen MR) is 62.7 cm³/mol. The van der Waals surface area contributed by atoms with Gasteiger partial charge in [-0.15, -0.1) is 0 Å². The smallest absolute Gasteiger partial charge is 0.123 e. The summed E-state index contributed by atoms with van der Waals surface area (Å²) in [6, 6.07) is 4.77. The van der Waals surface area contributed by atoms with Gasteiger partial charge in [0.05, 0.1) is 6.10 Å². The van der Waals surface area contributed by atoms with Gasteiger partial charge in [-0.2, -0.15) is 0 Å². The lowest BCUT2D eigenvalue weighted by atomic mass is 9.97. The van der Waals surface area contributed by atoms with Crippen LogP contribution in [0, 0.1) is 24.1 Å². The molecule has 1 saturated carbocycles. The molecule has 0 radical (unpaired) electrons. The summed E-state index contributed by atoms with van der Waals surface area (Å²) in [4.78, 5) is 0. The predicted octanol–water partition coefficient (Wildman–Crippen LogP) is 3.08. The van der Waals surface area contributed by atoms with Crippen molar-refractivity contribution < 1.29 is 9.50 Å². The van der Waals surface area contributed by atoms with E-state index in [1.165, 1.54) is 12.1 Å². The number of hydrogen-bond acceptors (Lipinski definition) is 1. The van der Waals surface area contributed by atoms with Gasteiger partial charge < -0.3 is 5.11 Å². The summed E-state index contributed by atoms with van der Waals surface area (Å²) < 4.78 is 12.9. The molecule has 0 saturated heterocycles. The van der Waals surface area contributed by atoms with Crippen molar-refractivity contribution in [2.45, 2.75) is 39.7 Å². The van der Waals surface area contributed by atoms with E-state index in [1.54, 1.807) is 6.07 Å². The summed E-state index contributed by atoms with van der Waals surface area (Å²) in [6.07, 6.45) is 1.44. The fourth-order valence-corrected chi connectivity index (χ4v) is 2.42. The Hall–Kier alpha value is -0.890. The average Bonchev–Trinajstić information content (AvgIpc) is 2.80. The number of aliphatic hydroxyl groups excluding tert-OH is 1. The van der Waals surface area contributed by atoms with E-state index in [-0.39, 0.29) is 17.3 Å². The lowest BCUT2D eigenvalue weighted by molar-refractivity contribution is 0.136. The average molecular weight is 222 g/mol. The van der Waals surface area contributed by atoms with Crippen molar-refractivity contribution in [1.82, 2.24) is 0 Å². The molecule has 1 aromatic carbocycles. The second-order valence-corrected chi connectivity index (χ2v) is 5.64. The van der Waals surface area contributed by atoms with Gasteiger partial charge in [0, 0.05) is 0 Å². The minimum absolute atomic E-state index is 0.206. The number of hydrogen-bond donors (Lipinski definition) is 1. The molecule has 0 spiro atoms. The molecular formula is C14H19FO. The molecule has 1 fully saturated rings. The Bertz CT molecular complexity index is 398. The van der Waals surface area contributed by atoms with Crippen LogP contribution in [0.25, 0.3) is 0 Å². The number of benzene rings is 1. The second-order valence-electron chi connectivity index (χ2n) is 5.64. The second kappa shape index (κ2) is 3.85. The summed E-state index contributed by atoms with van der Waals surface area (Å²) in [5.41, 5.74) is 2.27. The third-order valence-electron chi connectivity index (χ3n) is 3.79. The first kappa shape index (κ1) is 11.6. The molecule has 88 valence electrons. The fraction of sp³-hybridized carbons (Fsp3) is 0.571. The standard InChI is InChI=1S/C14H19FO/c1-9-6-11(15)5-4-10(9)7-13(16)12-8-14(12,2)3/h4-6,12-13,16H,7-8H2,1-3H3. The van der Waals surface area contributed by atoms with Gasteiger partial charge in [-0.25, -0.2) is 4.39 Å². The first-order valence-electron chi connectivity index (χ1n) is 5.83. The Morgan fingerprint density at radius 2 is 2.12 bits per heavy atom. The van der Waals surface area contributed by atoms with Gasteiger partial charge in [0.1, 0.15) is 5.82 Å². The molecule has 2 atom stereocenters. The van der Waals surface area contributed by atoms with Crippen molar-refractivity contribution >= 4 is 0 Å². The molecule has 0 bridgehead atoms. The van der Waals surface area contributed by atoms with Crippen LogP contribution in [0.5, 0.6) is 0 Å². The molecular weight excluding hydrogens is 203 g/mol. The minimum Gasteiger partial charge on any atom is -0.392 e. The van der Waals surface area contributed by atoms with E-state index in [1.807, 2.05) is 6.92 Å². The third-order valence-corrected chi connectivity index (χ3v) is 3.79. The van der Waals surface area contributed by atoms with Gasteiger partial charge in [-0.3, -0.25) is 0 Å². The molecule has 1 aromatic rings. The Labute approximate surface area is 96.3 Å². The number of aliphatic hydroxyl groups is 1. The maximum atomic E-state index is 12.9. The molecule has 1 N–H and O–H groups in total. The van der Waals surface area contributed by atoms with E-state index in [0.717, 1.165) is 17.5 Å². The normalized spacial score (nSPS) is 24.2. The zero-order chi connectivity index (χ0) is 11.9. The molecule has 0 amide bonds. The Balaban J connectivity index is 2.04. The minimum atomic E-state index is -0.292. The zero-order valence-corrected chi connectivity index (χ0v) is 10.1. The van der Waals surface area contributed by atoms with Gasteiger partial charge in [-0.1, -0.05) is 19.9 Å². The molecule has 1 aliphatic rings. The van der Waals surface area contributed by atoms with Crippen LogP contribution >= 0.6 is 0 Å². The highest BCUT2D eigenvalue weighted by molar-refractivity contribution is 5.27. The lowest BCUT2D eigenvalue weighted by Gasteiger charge is -2.14. The maximum Gasteiger partial charge on any atom is 0.123 e. The highest BCUT2D eigenvalue weighted by Gasteiger charge is 2.49. The Morgan fingerprint density at radius 3 is 2.62 bits per heavy atom. The van der Waals surface area contributed by atoms with Crippen LogP contribution < -0.4 is 0 Å². The summed E-state index contributed by atoms with van der Waals surface area (Å²) in [6.45, 7) is 6.25. The molecule has 0 heterocycles. The van der Waals surface area contributed by atoms with E-state index in [4.69, 9.17) is 0 Å². The van der Waals surface area contributed by atoms with Gasteiger partial charge in [0.2, 0.25) is 0 Å². The van der Waals surface area contributed by atoms with E-state index in [0.29, 0.717) is 12.3 Å². The van der Waals surface area contributed by atoms with Crippen LogP contribution in [0.1, 0.15) is 31.4 Å². The van der Waals surface area contributed by atoms with E-state index >= 15 is 0 Å². The summed E-state index contributed by atoms with van der Waals surface area (Å²) in [5.74, 6) is 0.194. The molecule has 0 aliphatic heterocycles. The van der Waals surface area contributed by atoms with E-state index in [9.17, 15) is 9.50 Å². The fourth-order valence-electron chi connectivity index (χ4n) is 2.42. The van der Waals surface area contributed by atoms with Crippen LogP contribution in [-0.2, 0) is 6.42 Å². The van der Waals surface area contributed by atoms with E-state index in [2.05, 4.69) is 13.8 Å². The maximum absolute atomic E-state index is 12.9. The molecule has 1 aliphatic carbocycles.